The number of fused-ring (bicyclic) bond motifs is 2. The van der Waals surface area contributed by atoms with Crippen LogP contribution in [0.4, 0.5) is 0 Å². The van der Waals surface area contributed by atoms with Crippen LogP contribution in [-0.2, 0) is 16.7 Å². The first kappa shape index (κ1) is 12.6. The average Bonchev–Trinajstić information content (AvgIpc) is 3.01. The molecular formula is C14H22N2OS. The topological polar surface area (TPSA) is 48.1 Å². The summed E-state index contributed by atoms with van der Waals surface area (Å²) in [5.74, 6) is 0.523. The number of nitrogens with two attached hydrogens (primary N) is 1. The van der Waals surface area contributed by atoms with E-state index in [0.29, 0.717) is 24.7 Å². The molecule has 0 aromatic carbocycles. The standard InChI is InChI=1S/C14H22N2OS/c1-14(2,3)12-11(7-15)18-13(16-12)9-6-8-4-5-10(9)17-8/h8-10H,4-7,15H2,1-3H3. The van der Waals surface area contributed by atoms with E-state index in [0.717, 1.165) is 6.42 Å². The van der Waals surface area contributed by atoms with Gasteiger partial charge in [0.2, 0.25) is 0 Å². The van der Waals surface area contributed by atoms with Crippen molar-refractivity contribution in [2.24, 2.45) is 5.73 Å². The molecule has 0 aliphatic carbocycles. The smallest absolute Gasteiger partial charge is 0.0989 e. The molecule has 4 heteroatoms. The molecule has 1 aromatic heterocycles. The highest BCUT2D eigenvalue weighted by atomic mass is 32.1. The summed E-state index contributed by atoms with van der Waals surface area (Å²) >= 11 is 1.81. The molecule has 2 bridgehead atoms. The van der Waals surface area contributed by atoms with Crippen LogP contribution in [0.25, 0.3) is 0 Å². The fraction of sp³-hybridized carbons (Fsp3) is 0.786. The maximum absolute atomic E-state index is 5.94. The van der Waals surface area contributed by atoms with Crippen LogP contribution in [0.1, 0.15) is 61.5 Å². The van der Waals surface area contributed by atoms with Crippen LogP contribution < -0.4 is 5.73 Å². The largest absolute Gasteiger partial charge is 0.374 e. The summed E-state index contributed by atoms with van der Waals surface area (Å²) in [6.07, 6.45) is 4.51. The van der Waals surface area contributed by atoms with Gasteiger partial charge in [-0.1, -0.05) is 20.8 Å². The Morgan fingerprint density at radius 3 is 2.61 bits per heavy atom. The molecular weight excluding hydrogens is 244 g/mol. The van der Waals surface area contributed by atoms with Crippen LogP contribution in [0, 0.1) is 0 Å². The Balaban J connectivity index is 1.92. The van der Waals surface area contributed by atoms with Gasteiger partial charge in [-0.15, -0.1) is 11.3 Å². The zero-order valence-electron chi connectivity index (χ0n) is 11.4. The third-order valence-corrected chi connectivity index (χ3v) is 5.24. The highest BCUT2D eigenvalue weighted by Gasteiger charge is 2.43. The summed E-state index contributed by atoms with van der Waals surface area (Å²) in [6.45, 7) is 7.23. The Hall–Kier alpha value is -0.450. The number of ether oxygens (including phenoxy) is 1. The van der Waals surface area contributed by atoms with E-state index in [1.807, 2.05) is 11.3 Å². The molecule has 18 heavy (non-hydrogen) atoms. The molecule has 3 atom stereocenters. The lowest BCUT2D eigenvalue weighted by Crippen LogP contribution is -2.17. The maximum Gasteiger partial charge on any atom is 0.0989 e. The number of nitrogens with zero attached hydrogens (tertiary/aromatic N) is 1. The van der Waals surface area contributed by atoms with Crippen molar-refractivity contribution >= 4 is 11.3 Å². The minimum Gasteiger partial charge on any atom is -0.374 e. The molecule has 3 heterocycles. The van der Waals surface area contributed by atoms with Gasteiger partial charge in [0.15, 0.2) is 0 Å². The molecule has 2 aliphatic heterocycles. The van der Waals surface area contributed by atoms with Gasteiger partial charge in [-0.25, -0.2) is 4.98 Å². The number of thiazole rings is 1. The number of rotatable bonds is 2. The second-order valence-electron chi connectivity index (χ2n) is 6.49. The number of hydrogen-bond donors (Lipinski definition) is 1. The van der Waals surface area contributed by atoms with Gasteiger partial charge in [0.05, 0.1) is 22.9 Å². The van der Waals surface area contributed by atoms with Crippen molar-refractivity contribution in [3.05, 3.63) is 15.6 Å². The Morgan fingerprint density at radius 1 is 1.39 bits per heavy atom. The highest BCUT2D eigenvalue weighted by Crippen LogP contribution is 2.46. The van der Waals surface area contributed by atoms with E-state index in [1.54, 1.807) is 0 Å². The summed E-state index contributed by atoms with van der Waals surface area (Å²) in [5, 5.41) is 1.26. The van der Waals surface area contributed by atoms with Crippen molar-refractivity contribution in [2.75, 3.05) is 0 Å². The predicted octanol–water partition coefficient (Wildman–Crippen LogP) is 2.93. The van der Waals surface area contributed by atoms with Crippen molar-refractivity contribution < 1.29 is 4.74 Å². The molecule has 3 rings (SSSR count). The summed E-state index contributed by atoms with van der Waals surface area (Å²) in [7, 11) is 0. The van der Waals surface area contributed by atoms with Gasteiger partial charge in [-0.3, -0.25) is 0 Å². The van der Waals surface area contributed by atoms with Gasteiger partial charge >= 0.3 is 0 Å². The van der Waals surface area contributed by atoms with Crippen molar-refractivity contribution in [3.63, 3.8) is 0 Å². The third-order valence-electron chi connectivity index (χ3n) is 4.03. The van der Waals surface area contributed by atoms with Crippen LogP contribution in [0.2, 0.25) is 0 Å². The molecule has 0 saturated carbocycles. The molecule has 2 aliphatic rings. The lowest BCUT2D eigenvalue weighted by atomic mass is 9.89. The van der Waals surface area contributed by atoms with E-state index >= 15 is 0 Å². The molecule has 2 N–H and O–H groups in total. The molecule has 0 amide bonds. The molecule has 0 spiro atoms. The van der Waals surface area contributed by atoms with Crippen molar-refractivity contribution in [3.8, 4) is 0 Å². The first-order valence-electron chi connectivity index (χ1n) is 6.84. The van der Waals surface area contributed by atoms with Crippen LogP contribution >= 0.6 is 11.3 Å². The second-order valence-corrected chi connectivity index (χ2v) is 7.61. The Morgan fingerprint density at radius 2 is 2.17 bits per heavy atom. The van der Waals surface area contributed by atoms with Gasteiger partial charge in [0.25, 0.3) is 0 Å². The summed E-state index contributed by atoms with van der Waals surface area (Å²) in [5.41, 5.74) is 7.15. The quantitative estimate of drug-likeness (QED) is 0.895. The molecule has 100 valence electrons. The van der Waals surface area contributed by atoms with Crippen LogP contribution in [0.15, 0.2) is 0 Å². The fourth-order valence-electron chi connectivity index (χ4n) is 3.15. The van der Waals surface area contributed by atoms with Crippen molar-refractivity contribution in [2.45, 2.75) is 70.1 Å². The molecule has 3 nitrogen and oxygen atoms in total. The van der Waals surface area contributed by atoms with Crippen molar-refractivity contribution in [1.82, 2.24) is 4.98 Å². The molecule has 3 unspecified atom stereocenters. The lowest BCUT2D eigenvalue weighted by Gasteiger charge is -2.18. The third kappa shape index (κ3) is 2.00. The molecule has 2 saturated heterocycles. The molecule has 1 aromatic rings. The van der Waals surface area contributed by atoms with Crippen molar-refractivity contribution in [1.29, 1.82) is 0 Å². The minimum atomic E-state index is 0.0852. The Bertz CT molecular complexity index is 449. The second kappa shape index (κ2) is 4.29. The zero-order chi connectivity index (χ0) is 12.9. The summed E-state index contributed by atoms with van der Waals surface area (Å²) < 4.78 is 5.94. The van der Waals surface area contributed by atoms with Crippen LogP contribution in [0.3, 0.4) is 0 Å². The maximum atomic E-state index is 5.94. The van der Waals surface area contributed by atoms with Gasteiger partial charge in [-0.05, 0) is 19.3 Å². The number of hydrogen-bond acceptors (Lipinski definition) is 4. The van der Waals surface area contributed by atoms with E-state index in [2.05, 4.69) is 20.8 Å². The molecule has 2 fully saturated rings. The monoisotopic (exact) mass is 266 g/mol. The Kier molecular flexibility index (Phi) is 3.00. The average molecular weight is 266 g/mol. The normalized spacial score (nSPS) is 31.2. The van der Waals surface area contributed by atoms with E-state index in [-0.39, 0.29) is 5.41 Å². The lowest BCUT2D eigenvalue weighted by molar-refractivity contribution is 0.100. The number of aromatic nitrogens is 1. The summed E-state index contributed by atoms with van der Waals surface area (Å²) in [4.78, 5) is 6.16. The van der Waals surface area contributed by atoms with Gasteiger partial charge in [0, 0.05) is 22.8 Å². The Labute approximate surface area is 113 Å². The van der Waals surface area contributed by atoms with Gasteiger partial charge < -0.3 is 10.5 Å². The SMILES string of the molecule is CC(C)(C)c1nc(C2CC3CCC2O3)sc1CN. The highest BCUT2D eigenvalue weighted by molar-refractivity contribution is 7.11. The van der Waals surface area contributed by atoms with E-state index < -0.39 is 0 Å². The minimum absolute atomic E-state index is 0.0852. The van der Waals surface area contributed by atoms with E-state index in [4.69, 9.17) is 15.5 Å². The van der Waals surface area contributed by atoms with E-state index in [1.165, 1.54) is 28.4 Å². The van der Waals surface area contributed by atoms with Crippen LogP contribution in [-0.4, -0.2) is 17.2 Å². The summed E-state index contributed by atoms with van der Waals surface area (Å²) in [6, 6.07) is 0. The van der Waals surface area contributed by atoms with Crippen LogP contribution in [0.5, 0.6) is 0 Å². The first-order chi connectivity index (χ1) is 8.49. The van der Waals surface area contributed by atoms with Gasteiger partial charge in [-0.2, -0.15) is 0 Å². The predicted molar refractivity (Wildman–Crippen MR) is 74.0 cm³/mol. The first-order valence-corrected chi connectivity index (χ1v) is 7.66. The fourth-order valence-corrected chi connectivity index (χ4v) is 4.47. The van der Waals surface area contributed by atoms with Gasteiger partial charge in [0.1, 0.15) is 0 Å². The van der Waals surface area contributed by atoms with E-state index in [9.17, 15) is 0 Å². The molecule has 0 radical (unpaired) electrons. The zero-order valence-corrected chi connectivity index (χ0v) is 12.2.